The van der Waals surface area contributed by atoms with Gasteiger partial charge in [0.2, 0.25) is 11.7 Å². The Kier molecular flexibility index (Phi) is 5.75. The molecule has 2 aromatic carbocycles. The van der Waals surface area contributed by atoms with E-state index in [9.17, 15) is 4.79 Å². The van der Waals surface area contributed by atoms with Gasteiger partial charge in [-0.15, -0.1) is 0 Å². The summed E-state index contributed by atoms with van der Waals surface area (Å²) >= 11 is 12.0. The summed E-state index contributed by atoms with van der Waals surface area (Å²) < 4.78 is 10.5. The molecule has 1 amide bonds. The molecule has 8 heteroatoms. The van der Waals surface area contributed by atoms with E-state index < -0.39 is 0 Å². The van der Waals surface area contributed by atoms with Gasteiger partial charge in [0.25, 0.3) is 5.91 Å². The molecule has 0 bridgehead atoms. The smallest absolute Gasteiger partial charge is 0.251 e. The van der Waals surface area contributed by atoms with Crippen molar-refractivity contribution < 1.29 is 14.1 Å². The van der Waals surface area contributed by atoms with Gasteiger partial charge in [0.1, 0.15) is 5.75 Å². The quantitative estimate of drug-likeness (QED) is 0.674. The van der Waals surface area contributed by atoms with Crippen LogP contribution in [0.5, 0.6) is 5.75 Å². The molecule has 0 spiro atoms. The number of nitrogens with one attached hydrogen (secondary N) is 1. The van der Waals surface area contributed by atoms with Crippen LogP contribution in [0, 0.1) is 0 Å². The zero-order valence-electron chi connectivity index (χ0n) is 13.8. The van der Waals surface area contributed by atoms with Crippen molar-refractivity contribution >= 4 is 29.1 Å². The fourth-order valence-electron chi connectivity index (χ4n) is 2.24. The predicted molar refractivity (Wildman–Crippen MR) is 98.5 cm³/mol. The molecule has 0 saturated heterocycles. The molecule has 0 aliphatic carbocycles. The third kappa shape index (κ3) is 4.33. The van der Waals surface area contributed by atoms with Gasteiger partial charge in [0, 0.05) is 16.1 Å². The maximum absolute atomic E-state index is 12.2. The zero-order chi connectivity index (χ0) is 18.5. The number of hydrogen-bond acceptors (Lipinski definition) is 5. The summed E-state index contributed by atoms with van der Waals surface area (Å²) in [7, 11) is 0. The van der Waals surface area contributed by atoms with Crippen LogP contribution in [0.1, 0.15) is 23.2 Å². The van der Waals surface area contributed by atoms with E-state index in [0.717, 1.165) is 5.56 Å². The van der Waals surface area contributed by atoms with Gasteiger partial charge in [-0.25, -0.2) is 0 Å². The van der Waals surface area contributed by atoms with E-state index >= 15 is 0 Å². The lowest BCUT2D eigenvalue weighted by Gasteiger charge is -2.07. The fourth-order valence-corrected chi connectivity index (χ4v) is 2.67. The van der Waals surface area contributed by atoms with Crippen LogP contribution in [0.15, 0.2) is 47.0 Å². The van der Waals surface area contributed by atoms with Crippen molar-refractivity contribution in [1.29, 1.82) is 0 Å². The lowest BCUT2D eigenvalue weighted by Crippen LogP contribution is -2.22. The molecule has 1 N–H and O–H groups in total. The van der Waals surface area contributed by atoms with Crippen LogP contribution in [0.3, 0.4) is 0 Å². The monoisotopic (exact) mass is 391 g/mol. The molecule has 26 heavy (non-hydrogen) atoms. The molecule has 0 aliphatic heterocycles. The Morgan fingerprint density at radius 3 is 2.81 bits per heavy atom. The molecule has 0 atom stereocenters. The van der Waals surface area contributed by atoms with Crippen LogP contribution in [0.4, 0.5) is 0 Å². The summed E-state index contributed by atoms with van der Waals surface area (Å²) in [6, 6.07) is 12.0. The molecule has 3 rings (SSSR count). The molecule has 134 valence electrons. The number of benzene rings is 2. The van der Waals surface area contributed by atoms with Gasteiger partial charge in [-0.05, 0) is 37.3 Å². The number of halogens is 2. The first-order chi connectivity index (χ1) is 12.6. The average Bonchev–Trinajstić information content (AvgIpc) is 3.10. The lowest BCUT2D eigenvalue weighted by atomic mass is 10.2. The minimum Gasteiger partial charge on any atom is -0.492 e. The Bertz CT molecular complexity index is 928. The maximum atomic E-state index is 12.2. The number of nitrogens with zero attached hydrogens (tertiary/aromatic N) is 2. The van der Waals surface area contributed by atoms with E-state index in [0.29, 0.717) is 33.8 Å². The standard InChI is InChI=1S/C18H15Cl2N3O3/c1-2-25-15-7-6-12(9-14(15)20)18(24)21-10-16-22-17(23-26-16)11-4-3-5-13(19)8-11/h3-9H,2,10H2,1H3,(H,21,24). The molecule has 1 heterocycles. The fraction of sp³-hybridized carbons (Fsp3) is 0.167. The number of carbonyl (C=O) groups is 1. The van der Waals surface area contributed by atoms with Crippen LogP contribution in [0.2, 0.25) is 10.0 Å². The number of hydrogen-bond donors (Lipinski definition) is 1. The van der Waals surface area contributed by atoms with Crippen LogP contribution < -0.4 is 10.1 Å². The summed E-state index contributed by atoms with van der Waals surface area (Å²) in [5, 5.41) is 7.55. The van der Waals surface area contributed by atoms with Crippen LogP contribution >= 0.6 is 23.2 Å². The van der Waals surface area contributed by atoms with Gasteiger partial charge in [0.15, 0.2) is 0 Å². The summed E-state index contributed by atoms with van der Waals surface area (Å²) in [6.45, 7) is 2.45. The first-order valence-corrected chi connectivity index (χ1v) is 8.61. The van der Waals surface area contributed by atoms with Crippen molar-refractivity contribution in [2.24, 2.45) is 0 Å². The van der Waals surface area contributed by atoms with E-state index in [1.165, 1.54) is 0 Å². The second-order valence-corrected chi connectivity index (χ2v) is 6.13. The Hall–Kier alpha value is -2.57. The molecular formula is C18H15Cl2N3O3. The molecule has 3 aromatic rings. The molecule has 1 aromatic heterocycles. The van der Waals surface area contributed by atoms with Crippen molar-refractivity contribution in [2.75, 3.05) is 6.61 Å². The Morgan fingerprint density at radius 1 is 1.23 bits per heavy atom. The molecule has 6 nitrogen and oxygen atoms in total. The second-order valence-electron chi connectivity index (χ2n) is 5.28. The summed E-state index contributed by atoms with van der Waals surface area (Å²) in [6.07, 6.45) is 0. The van der Waals surface area contributed by atoms with E-state index in [1.807, 2.05) is 13.0 Å². The van der Waals surface area contributed by atoms with Gasteiger partial charge in [-0.1, -0.05) is 40.5 Å². The average molecular weight is 392 g/mol. The lowest BCUT2D eigenvalue weighted by molar-refractivity contribution is 0.0946. The van der Waals surface area contributed by atoms with Crippen LogP contribution in [-0.4, -0.2) is 22.7 Å². The minimum absolute atomic E-state index is 0.0945. The van der Waals surface area contributed by atoms with Gasteiger partial charge in [-0.2, -0.15) is 4.98 Å². The highest BCUT2D eigenvalue weighted by Gasteiger charge is 2.13. The normalized spacial score (nSPS) is 10.6. The third-order valence-electron chi connectivity index (χ3n) is 3.44. The first kappa shape index (κ1) is 18.2. The molecule has 0 radical (unpaired) electrons. The maximum Gasteiger partial charge on any atom is 0.251 e. The second kappa shape index (κ2) is 8.21. The molecule has 0 unspecified atom stereocenters. The predicted octanol–water partition coefficient (Wildman–Crippen LogP) is 4.37. The van der Waals surface area contributed by atoms with Crippen molar-refractivity contribution in [3.05, 3.63) is 64.0 Å². The number of rotatable bonds is 6. The van der Waals surface area contributed by atoms with Crippen molar-refractivity contribution in [2.45, 2.75) is 13.5 Å². The number of carbonyl (C=O) groups excluding carboxylic acids is 1. The Morgan fingerprint density at radius 2 is 2.08 bits per heavy atom. The molecular weight excluding hydrogens is 377 g/mol. The van der Waals surface area contributed by atoms with E-state index in [1.54, 1.807) is 36.4 Å². The van der Waals surface area contributed by atoms with Crippen molar-refractivity contribution in [3.8, 4) is 17.1 Å². The van der Waals surface area contributed by atoms with Gasteiger partial charge >= 0.3 is 0 Å². The minimum atomic E-state index is -0.308. The van der Waals surface area contributed by atoms with E-state index in [-0.39, 0.29) is 18.3 Å². The molecule has 0 fully saturated rings. The molecule has 0 aliphatic rings. The molecule has 0 saturated carbocycles. The van der Waals surface area contributed by atoms with Gasteiger partial charge < -0.3 is 14.6 Å². The van der Waals surface area contributed by atoms with Crippen LogP contribution in [-0.2, 0) is 6.54 Å². The topological polar surface area (TPSA) is 77.2 Å². The third-order valence-corrected chi connectivity index (χ3v) is 3.98. The highest BCUT2D eigenvalue weighted by molar-refractivity contribution is 6.32. The van der Waals surface area contributed by atoms with Gasteiger partial charge in [-0.3, -0.25) is 4.79 Å². The van der Waals surface area contributed by atoms with E-state index in [2.05, 4.69) is 15.5 Å². The summed E-state index contributed by atoms with van der Waals surface area (Å²) in [4.78, 5) is 16.5. The highest BCUT2D eigenvalue weighted by atomic mass is 35.5. The largest absolute Gasteiger partial charge is 0.492 e. The number of ether oxygens (including phenoxy) is 1. The number of aromatic nitrogens is 2. The summed E-state index contributed by atoms with van der Waals surface area (Å²) in [5.74, 6) is 0.914. The van der Waals surface area contributed by atoms with Crippen LogP contribution in [0.25, 0.3) is 11.4 Å². The Balaban J connectivity index is 1.64. The van der Waals surface area contributed by atoms with Crippen molar-refractivity contribution in [3.63, 3.8) is 0 Å². The van der Waals surface area contributed by atoms with Crippen molar-refractivity contribution in [1.82, 2.24) is 15.5 Å². The summed E-state index contributed by atoms with van der Waals surface area (Å²) in [5.41, 5.74) is 1.14. The number of amides is 1. The first-order valence-electron chi connectivity index (χ1n) is 7.86. The zero-order valence-corrected chi connectivity index (χ0v) is 15.3. The Labute approximate surface area is 160 Å². The SMILES string of the molecule is CCOc1ccc(C(=O)NCc2nc(-c3cccc(Cl)c3)no2)cc1Cl. The highest BCUT2D eigenvalue weighted by Crippen LogP contribution is 2.25. The van der Waals surface area contributed by atoms with E-state index in [4.69, 9.17) is 32.5 Å². The van der Waals surface area contributed by atoms with Gasteiger partial charge in [0.05, 0.1) is 18.2 Å².